The summed E-state index contributed by atoms with van der Waals surface area (Å²) in [6, 6.07) is 1.29. The topological polar surface area (TPSA) is 144 Å². The molecule has 0 saturated carbocycles. The minimum absolute atomic E-state index is 0.246. The van der Waals surface area contributed by atoms with Crippen LogP contribution in [-0.4, -0.2) is 69.8 Å². The molecule has 9 heteroatoms. The Balaban J connectivity index is 2.07. The van der Waals surface area contributed by atoms with E-state index in [4.69, 9.17) is 15.2 Å². The smallest absolute Gasteiger partial charge is 0.265 e. The number of methoxy groups -OCH3 is 1. The number of hydrogen-bond donors (Lipinski definition) is 4. The lowest BCUT2D eigenvalue weighted by Gasteiger charge is -2.29. The van der Waals surface area contributed by atoms with Crippen LogP contribution in [0, 0.1) is 5.92 Å². The molecular weight excluding hydrogens is 476 g/mol. The Morgan fingerprint density at radius 2 is 1.89 bits per heavy atom. The van der Waals surface area contributed by atoms with E-state index < -0.39 is 35.8 Å². The zero-order valence-electron chi connectivity index (χ0n) is 21.9. The monoisotopic (exact) mass is 514 g/mol. The molecule has 0 aliphatic carbocycles. The summed E-state index contributed by atoms with van der Waals surface area (Å²) >= 11 is 0. The second-order valence-electron chi connectivity index (χ2n) is 9.08. The van der Waals surface area contributed by atoms with Crippen molar-refractivity contribution in [3.05, 3.63) is 87.9 Å². The highest BCUT2D eigenvalue weighted by Crippen LogP contribution is 2.32. The molecular formula is C28H38N2O7. The second-order valence-corrected chi connectivity index (χ2v) is 9.08. The van der Waals surface area contributed by atoms with E-state index in [0.29, 0.717) is 6.54 Å². The second kappa shape index (κ2) is 14.0. The number of pyridine rings is 1. The molecule has 9 nitrogen and oxygen atoms in total. The molecule has 2 unspecified atom stereocenters. The summed E-state index contributed by atoms with van der Waals surface area (Å²) < 4.78 is 12.8. The van der Waals surface area contributed by atoms with Gasteiger partial charge in [0.2, 0.25) is 0 Å². The molecule has 202 valence electrons. The summed E-state index contributed by atoms with van der Waals surface area (Å²) in [7, 11) is 3.08. The molecule has 1 fully saturated rings. The number of aliphatic hydroxyl groups excluding tert-OH is 2. The van der Waals surface area contributed by atoms with E-state index in [-0.39, 0.29) is 28.9 Å². The van der Waals surface area contributed by atoms with Crippen LogP contribution in [0.15, 0.2) is 76.8 Å². The summed E-state index contributed by atoms with van der Waals surface area (Å²) in [6.45, 7) is 5.79. The Hall–Kier alpha value is -3.08. The predicted molar refractivity (Wildman–Crippen MR) is 142 cm³/mol. The number of aliphatic hydroxyl groups is 2. The number of ether oxygens (including phenoxy) is 2. The third kappa shape index (κ3) is 7.47. The zero-order valence-corrected chi connectivity index (χ0v) is 21.9. The van der Waals surface area contributed by atoms with E-state index in [9.17, 15) is 24.9 Å². The van der Waals surface area contributed by atoms with Crippen molar-refractivity contribution in [3.63, 3.8) is 0 Å². The van der Waals surface area contributed by atoms with Gasteiger partial charge in [0, 0.05) is 32.8 Å². The van der Waals surface area contributed by atoms with Crippen molar-refractivity contribution in [2.45, 2.75) is 51.3 Å². The van der Waals surface area contributed by atoms with Crippen LogP contribution in [0.1, 0.15) is 31.1 Å². The third-order valence-corrected chi connectivity index (χ3v) is 6.37. The maximum atomic E-state index is 12.6. The van der Waals surface area contributed by atoms with E-state index in [1.165, 1.54) is 30.0 Å². The van der Waals surface area contributed by atoms with Gasteiger partial charge >= 0.3 is 0 Å². The van der Waals surface area contributed by atoms with Gasteiger partial charge in [-0.15, -0.1) is 0 Å². The van der Waals surface area contributed by atoms with Crippen LogP contribution in [-0.2, 0) is 16.5 Å². The third-order valence-electron chi connectivity index (χ3n) is 6.37. The summed E-state index contributed by atoms with van der Waals surface area (Å²) in [4.78, 5) is 24.8. The Kier molecular flexibility index (Phi) is 11.4. The first-order chi connectivity index (χ1) is 17.5. The van der Waals surface area contributed by atoms with Crippen molar-refractivity contribution in [1.82, 2.24) is 4.57 Å². The minimum Gasteiger partial charge on any atom is -0.507 e. The Labute approximate surface area is 217 Å². The fourth-order valence-corrected chi connectivity index (χ4v) is 4.25. The molecule has 0 bridgehead atoms. The number of allylic oxidation sites excluding steroid dienone is 7. The highest BCUT2D eigenvalue weighted by atomic mass is 16.5. The van der Waals surface area contributed by atoms with Crippen molar-refractivity contribution < 1.29 is 29.6 Å². The number of nitrogens with two attached hydrogens (primary N) is 1. The maximum absolute atomic E-state index is 12.6. The largest absolute Gasteiger partial charge is 0.507 e. The van der Waals surface area contributed by atoms with Crippen LogP contribution in [0.4, 0.5) is 0 Å². The van der Waals surface area contributed by atoms with Gasteiger partial charge in [-0.2, -0.15) is 0 Å². The Bertz CT molecular complexity index is 1150. The molecule has 0 aromatic carbocycles. The first-order valence-corrected chi connectivity index (χ1v) is 12.1. The fraction of sp³-hybridized carbons (Fsp3) is 0.429. The molecule has 0 spiro atoms. The molecule has 6 atom stereocenters. The van der Waals surface area contributed by atoms with Crippen molar-refractivity contribution in [2.75, 3.05) is 13.7 Å². The molecule has 1 aromatic heterocycles. The SMILES string of the molecule is CO[C@@H](/C(C)=C/C=C/CN)[C@@H](C)C1OC(/C=C/C=C/C=C(\C)C(=O)c2c(O)ccn(C)c2=O)[C@H](O)[C@@H]1O. The minimum atomic E-state index is -1.12. The van der Waals surface area contributed by atoms with E-state index in [2.05, 4.69) is 0 Å². The first-order valence-electron chi connectivity index (χ1n) is 12.1. The van der Waals surface area contributed by atoms with Gasteiger partial charge in [-0.1, -0.05) is 55.5 Å². The summed E-state index contributed by atoms with van der Waals surface area (Å²) in [5.74, 6) is -1.19. The van der Waals surface area contributed by atoms with Crippen LogP contribution in [0.3, 0.4) is 0 Å². The van der Waals surface area contributed by atoms with Crippen molar-refractivity contribution >= 4 is 5.78 Å². The number of Topliss-reactive ketones (excluding diaryl/α,β-unsaturated/α-hetero) is 1. The quantitative estimate of drug-likeness (QED) is 0.199. The van der Waals surface area contributed by atoms with Gasteiger partial charge in [-0.05, 0) is 31.1 Å². The zero-order chi connectivity index (χ0) is 27.7. The molecule has 0 amide bonds. The maximum Gasteiger partial charge on any atom is 0.265 e. The van der Waals surface area contributed by atoms with Crippen LogP contribution < -0.4 is 11.3 Å². The number of rotatable bonds is 11. The lowest BCUT2D eigenvalue weighted by atomic mass is 9.89. The van der Waals surface area contributed by atoms with Crippen molar-refractivity contribution in [3.8, 4) is 5.75 Å². The van der Waals surface area contributed by atoms with E-state index in [1.807, 2.05) is 32.1 Å². The van der Waals surface area contributed by atoms with Gasteiger partial charge in [0.15, 0.2) is 5.78 Å². The molecule has 37 heavy (non-hydrogen) atoms. The first kappa shape index (κ1) is 30.1. The predicted octanol–water partition coefficient (Wildman–Crippen LogP) is 1.93. The fourth-order valence-electron chi connectivity index (χ4n) is 4.25. The van der Waals surface area contributed by atoms with Crippen LogP contribution in [0.2, 0.25) is 0 Å². The van der Waals surface area contributed by atoms with Gasteiger partial charge in [-0.25, -0.2) is 0 Å². The molecule has 2 heterocycles. The normalized spacial score (nSPS) is 25.0. The number of aromatic hydroxyl groups is 1. The number of carbonyl (C=O) groups excluding carboxylic acids is 1. The van der Waals surface area contributed by atoms with Crippen molar-refractivity contribution in [1.29, 1.82) is 0 Å². The van der Waals surface area contributed by atoms with E-state index in [1.54, 1.807) is 38.3 Å². The Morgan fingerprint density at radius 3 is 2.54 bits per heavy atom. The lowest BCUT2D eigenvalue weighted by molar-refractivity contribution is -0.0515. The molecule has 5 N–H and O–H groups in total. The van der Waals surface area contributed by atoms with Gasteiger partial charge < -0.3 is 35.1 Å². The standard InChI is InChI=1S/C28H38N2O7/c1-17(23(32)22-20(31)14-16-30(4)28(22)35)11-7-6-8-13-21-24(33)25(34)27(37-21)19(3)26(36-5)18(2)12-9-10-15-29/h6-14,16,19,21,24-27,31,33-34H,15,29H2,1-5H3/b7-6+,10-9+,13-8+,17-11+,18-12+/t19-,21?,24+,25+,26+,27?/m1/s1. The molecule has 1 aliphatic heterocycles. The molecule has 1 aromatic rings. The molecule has 1 aliphatic rings. The summed E-state index contributed by atoms with van der Waals surface area (Å²) in [5.41, 5.74) is 5.82. The lowest BCUT2D eigenvalue weighted by Crippen LogP contribution is -2.40. The summed E-state index contributed by atoms with van der Waals surface area (Å²) in [6.07, 6.45) is 11.0. The number of aromatic nitrogens is 1. The number of ketones is 1. The highest BCUT2D eigenvalue weighted by Gasteiger charge is 2.45. The summed E-state index contributed by atoms with van der Waals surface area (Å²) in [5, 5.41) is 31.1. The average molecular weight is 515 g/mol. The van der Waals surface area contributed by atoms with E-state index >= 15 is 0 Å². The van der Waals surface area contributed by atoms with E-state index in [0.717, 1.165) is 5.57 Å². The molecule has 2 rings (SSSR count). The van der Waals surface area contributed by atoms with Gasteiger partial charge in [0.1, 0.15) is 29.6 Å². The molecule has 0 radical (unpaired) electrons. The average Bonchev–Trinajstić information content (AvgIpc) is 3.15. The van der Waals surface area contributed by atoms with Gasteiger partial charge in [0.25, 0.3) is 5.56 Å². The number of nitrogens with zero attached hydrogens (tertiary/aromatic N) is 1. The highest BCUT2D eigenvalue weighted by molar-refractivity contribution is 6.09. The van der Waals surface area contributed by atoms with Crippen LogP contribution >= 0.6 is 0 Å². The number of hydrogen-bond acceptors (Lipinski definition) is 8. The Morgan fingerprint density at radius 1 is 1.19 bits per heavy atom. The number of aryl methyl sites for hydroxylation is 1. The molecule has 1 saturated heterocycles. The van der Waals surface area contributed by atoms with Gasteiger partial charge in [0.05, 0.1) is 12.2 Å². The number of carbonyl (C=O) groups is 1. The van der Waals surface area contributed by atoms with Crippen LogP contribution in [0.25, 0.3) is 0 Å². The van der Waals surface area contributed by atoms with Gasteiger partial charge in [-0.3, -0.25) is 9.59 Å². The van der Waals surface area contributed by atoms with Crippen molar-refractivity contribution in [2.24, 2.45) is 18.7 Å². The van der Waals surface area contributed by atoms with Crippen LogP contribution in [0.5, 0.6) is 5.75 Å².